The van der Waals surface area contributed by atoms with Crippen molar-refractivity contribution in [2.45, 2.75) is 33.7 Å². The van der Waals surface area contributed by atoms with E-state index < -0.39 is 0 Å². The normalized spacial score (nSPS) is 11.2. The molecular formula is C18H17FN2O2S. The summed E-state index contributed by atoms with van der Waals surface area (Å²) >= 11 is 1.45. The van der Waals surface area contributed by atoms with Crippen LogP contribution in [0, 0.1) is 19.7 Å². The molecule has 0 aliphatic heterocycles. The molecule has 0 spiro atoms. The molecule has 4 nitrogen and oxygen atoms in total. The fraction of sp³-hybridized carbons (Fsp3) is 0.278. The number of rotatable bonds is 4. The van der Waals surface area contributed by atoms with Gasteiger partial charge < -0.3 is 0 Å². The number of carbonyl (C=O) groups excluding carboxylic acids is 1. The second-order valence-corrected chi connectivity index (χ2v) is 6.99. The van der Waals surface area contributed by atoms with E-state index in [1.165, 1.54) is 30.4 Å². The zero-order chi connectivity index (χ0) is 17.4. The van der Waals surface area contributed by atoms with Gasteiger partial charge in [-0.05, 0) is 38.5 Å². The summed E-state index contributed by atoms with van der Waals surface area (Å²) in [6.45, 7) is 5.53. The van der Waals surface area contributed by atoms with Crippen molar-refractivity contribution in [3.05, 3.63) is 51.1 Å². The SMILES string of the molecule is CC(=O)CCn1c(C)nc2sc(C)c(-c3ccc(F)cc3)c2c1=O. The molecule has 2 aromatic heterocycles. The molecule has 0 saturated carbocycles. The minimum absolute atomic E-state index is 0.0293. The number of aryl methyl sites for hydroxylation is 2. The molecule has 2 heterocycles. The zero-order valence-corrected chi connectivity index (χ0v) is 14.5. The average Bonchev–Trinajstić information content (AvgIpc) is 2.83. The molecule has 3 rings (SSSR count). The quantitative estimate of drug-likeness (QED) is 0.722. The molecule has 0 amide bonds. The fourth-order valence-electron chi connectivity index (χ4n) is 2.79. The number of Topliss-reactive ketones (excluding diaryl/α,β-unsaturated/α-hetero) is 1. The Balaban J connectivity index is 2.25. The van der Waals surface area contributed by atoms with E-state index in [-0.39, 0.29) is 17.2 Å². The molecule has 0 aliphatic rings. The lowest BCUT2D eigenvalue weighted by atomic mass is 10.0. The average molecular weight is 344 g/mol. The summed E-state index contributed by atoms with van der Waals surface area (Å²) in [5.41, 5.74) is 1.44. The summed E-state index contributed by atoms with van der Waals surface area (Å²) in [5.74, 6) is 0.311. The first-order chi connectivity index (χ1) is 11.4. The van der Waals surface area contributed by atoms with Gasteiger partial charge in [0, 0.05) is 23.4 Å². The number of fused-ring (bicyclic) bond motifs is 1. The molecule has 0 fully saturated rings. The summed E-state index contributed by atoms with van der Waals surface area (Å²) in [5, 5.41) is 0.540. The molecule has 0 atom stereocenters. The first-order valence-corrected chi connectivity index (χ1v) is 8.46. The highest BCUT2D eigenvalue weighted by Gasteiger charge is 2.18. The first-order valence-electron chi connectivity index (χ1n) is 7.64. The number of hydrogen-bond donors (Lipinski definition) is 0. The highest BCUT2D eigenvalue weighted by atomic mass is 32.1. The smallest absolute Gasteiger partial charge is 0.262 e. The van der Waals surface area contributed by atoms with Crippen LogP contribution in [0.5, 0.6) is 0 Å². The molecule has 0 aliphatic carbocycles. The molecule has 124 valence electrons. The van der Waals surface area contributed by atoms with Crippen LogP contribution in [0.1, 0.15) is 24.0 Å². The fourth-order valence-corrected chi connectivity index (χ4v) is 3.87. The topological polar surface area (TPSA) is 52.0 Å². The Morgan fingerprint density at radius 2 is 1.92 bits per heavy atom. The Labute approximate surface area is 142 Å². The summed E-state index contributed by atoms with van der Waals surface area (Å²) in [6, 6.07) is 6.11. The molecular weight excluding hydrogens is 327 g/mol. The van der Waals surface area contributed by atoms with Gasteiger partial charge in [-0.2, -0.15) is 0 Å². The van der Waals surface area contributed by atoms with E-state index >= 15 is 0 Å². The molecule has 0 bridgehead atoms. The number of halogens is 1. The van der Waals surface area contributed by atoms with Crippen LogP contribution in [0.4, 0.5) is 4.39 Å². The lowest BCUT2D eigenvalue weighted by molar-refractivity contribution is -0.117. The Morgan fingerprint density at radius 3 is 2.54 bits per heavy atom. The first kappa shape index (κ1) is 16.5. The van der Waals surface area contributed by atoms with E-state index in [4.69, 9.17) is 0 Å². The van der Waals surface area contributed by atoms with Crippen LogP contribution in [0.3, 0.4) is 0 Å². The van der Waals surface area contributed by atoms with Crippen molar-refractivity contribution in [3.63, 3.8) is 0 Å². The highest BCUT2D eigenvalue weighted by Crippen LogP contribution is 2.35. The third kappa shape index (κ3) is 2.89. The Bertz CT molecular complexity index is 987. The Morgan fingerprint density at radius 1 is 1.25 bits per heavy atom. The monoisotopic (exact) mass is 344 g/mol. The summed E-state index contributed by atoms with van der Waals surface area (Å²) < 4.78 is 14.8. The van der Waals surface area contributed by atoms with Crippen molar-refractivity contribution in [2.75, 3.05) is 0 Å². The van der Waals surface area contributed by atoms with E-state index in [9.17, 15) is 14.0 Å². The van der Waals surface area contributed by atoms with E-state index in [1.54, 1.807) is 23.6 Å². The summed E-state index contributed by atoms with van der Waals surface area (Å²) in [6.07, 6.45) is 0.295. The van der Waals surface area contributed by atoms with Crippen LogP contribution in [-0.4, -0.2) is 15.3 Å². The van der Waals surface area contributed by atoms with E-state index in [2.05, 4.69) is 4.98 Å². The molecule has 1 aromatic carbocycles. The van der Waals surface area contributed by atoms with Crippen molar-refractivity contribution < 1.29 is 9.18 Å². The molecule has 0 N–H and O–H groups in total. The molecule has 0 radical (unpaired) electrons. The van der Waals surface area contributed by atoms with Gasteiger partial charge in [-0.25, -0.2) is 9.37 Å². The number of benzene rings is 1. The van der Waals surface area contributed by atoms with Crippen molar-refractivity contribution in [1.29, 1.82) is 0 Å². The Kier molecular flexibility index (Phi) is 4.32. The van der Waals surface area contributed by atoms with Gasteiger partial charge in [-0.15, -0.1) is 11.3 Å². The lowest BCUT2D eigenvalue weighted by Gasteiger charge is -2.09. The summed E-state index contributed by atoms with van der Waals surface area (Å²) in [4.78, 5) is 30.4. The van der Waals surface area contributed by atoms with Gasteiger partial charge in [0.05, 0.1) is 5.39 Å². The molecule has 0 saturated heterocycles. The molecule has 0 unspecified atom stereocenters. The van der Waals surface area contributed by atoms with Gasteiger partial charge in [0.1, 0.15) is 22.3 Å². The predicted molar refractivity (Wildman–Crippen MR) is 94.0 cm³/mol. The van der Waals surface area contributed by atoms with Gasteiger partial charge in [-0.1, -0.05) is 12.1 Å². The second kappa shape index (κ2) is 6.28. The zero-order valence-electron chi connectivity index (χ0n) is 13.7. The molecule has 3 aromatic rings. The standard InChI is InChI=1S/C18H17FN2O2S/c1-10(22)8-9-21-12(3)20-17-16(18(21)23)15(11(2)24-17)13-4-6-14(19)7-5-13/h4-7H,8-9H2,1-3H3. The van der Waals surface area contributed by atoms with Crippen molar-refractivity contribution in [3.8, 4) is 11.1 Å². The number of ketones is 1. The van der Waals surface area contributed by atoms with Crippen LogP contribution < -0.4 is 5.56 Å². The van der Waals surface area contributed by atoms with Gasteiger partial charge in [0.15, 0.2) is 0 Å². The molecule has 24 heavy (non-hydrogen) atoms. The third-order valence-electron chi connectivity index (χ3n) is 4.00. The van der Waals surface area contributed by atoms with Crippen LogP contribution >= 0.6 is 11.3 Å². The number of nitrogens with zero attached hydrogens (tertiary/aromatic N) is 2. The Hall–Kier alpha value is -2.34. The van der Waals surface area contributed by atoms with Crippen LogP contribution in [0.15, 0.2) is 29.1 Å². The van der Waals surface area contributed by atoms with Crippen molar-refractivity contribution in [1.82, 2.24) is 9.55 Å². The number of aromatic nitrogens is 2. The summed E-state index contributed by atoms with van der Waals surface area (Å²) in [7, 11) is 0. The van der Waals surface area contributed by atoms with Crippen LogP contribution in [0.2, 0.25) is 0 Å². The van der Waals surface area contributed by atoms with E-state index in [1.807, 2.05) is 6.92 Å². The van der Waals surface area contributed by atoms with Crippen LogP contribution in [0.25, 0.3) is 21.3 Å². The largest absolute Gasteiger partial charge is 0.300 e. The van der Waals surface area contributed by atoms with E-state index in [0.717, 1.165) is 16.0 Å². The lowest BCUT2D eigenvalue weighted by Crippen LogP contribution is -2.24. The minimum Gasteiger partial charge on any atom is -0.300 e. The van der Waals surface area contributed by atoms with Gasteiger partial charge in [0.2, 0.25) is 0 Å². The van der Waals surface area contributed by atoms with Gasteiger partial charge >= 0.3 is 0 Å². The second-order valence-electron chi connectivity index (χ2n) is 5.79. The highest BCUT2D eigenvalue weighted by molar-refractivity contribution is 7.19. The van der Waals surface area contributed by atoms with Gasteiger partial charge in [-0.3, -0.25) is 14.2 Å². The van der Waals surface area contributed by atoms with Crippen molar-refractivity contribution in [2.24, 2.45) is 0 Å². The number of hydrogen-bond acceptors (Lipinski definition) is 4. The third-order valence-corrected chi connectivity index (χ3v) is 5.00. The maximum Gasteiger partial charge on any atom is 0.262 e. The predicted octanol–water partition coefficient (Wildman–Crippen LogP) is 3.86. The minimum atomic E-state index is -0.316. The van der Waals surface area contributed by atoms with Gasteiger partial charge in [0.25, 0.3) is 5.56 Å². The maximum absolute atomic E-state index is 13.2. The number of thiophene rings is 1. The number of carbonyl (C=O) groups is 1. The van der Waals surface area contributed by atoms with Crippen LogP contribution in [-0.2, 0) is 11.3 Å². The maximum atomic E-state index is 13.2. The van der Waals surface area contributed by atoms with E-state index in [0.29, 0.717) is 29.0 Å². The molecule has 6 heteroatoms. The van der Waals surface area contributed by atoms with Crippen molar-refractivity contribution >= 4 is 27.3 Å².